The molecule has 0 spiro atoms. The van der Waals surface area contributed by atoms with Crippen molar-refractivity contribution in [1.82, 2.24) is 0 Å². The Morgan fingerprint density at radius 1 is 1.24 bits per heavy atom. The highest BCUT2D eigenvalue weighted by molar-refractivity contribution is 6.21. The molecule has 0 amide bonds. The van der Waals surface area contributed by atoms with E-state index in [4.69, 9.17) is 0 Å². The van der Waals surface area contributed by atoms with Gasteiger partial charge in [0, 0.05) is 6.61 Å². The largest absolute Gasteiger partial charge is 0.588 e. The first-order valence-electron chi connectivity index (χ1n) is 6.33. The van der Waals surface area contributed by atoms with Crippen molar-refractivity contribution in [3.05, 3.63) is 0 Å². The van der Waals surface area contributed by atoms with Gasteiger partial charge in [-0.05, 0) is 12.3 Å². The molecule has 0 aliphatic heterocycles. The predicted molar refractivity (Wildman–Crippen MR) is 69.7 cm³/mol. The summed E-state index contributed by atoms with van der Waals surface area (Å²) < 4.78 is 15.7. The Morgan fingerprint density at radius 3 is 2.00 bits per heavy atom. The summed E-state index contributed by atoms with van der Waals surface area (Å²) in [6.07, 6.45) is 4.38. The monoisotopic (exact) mass is 263 g/mol. The number of unbranched alkanes of at least 4 members (excludes halogenated alkanes) is 1. The fraction of sp³-hybridized carbons (Fsp3) is 1.00. The molecule has 0 fully saturated rings. The van der Waals surface area contributed by atoms with Crippen molar-refractivity contribution in [1.29, 1.82) is 0 Å². The molecule has 0 aliphatic carbocycles. The summed E-state index contributed by atoms with van der Waals surface area (Å²) in [5.41, 5.74) is 0. The minimum atomic E-state index is -2.96. The Morgan fingerprint density at radius 2 is 1.71 bits per heavy atom. The average Bonchev–Trinajstić information content (AvgIpc) is 2.15. The minimum absolute atomic E-state index is 0.373. The molecule has 0 radical (unpaired) electrons. The average molecular weight is 263 g/mol. The van der Waals surface area contributed by atoms with E-state index >= 15 is 0 Å². The normalized spacial score (nSPS) is 12.4. The minimum Gasteiger partial charge on any atom is -0.588 e. The van der Waals surface area contributed by atoms with Gasteiger partial charge in [-0.3, -0.25) is 0 Å². The van der Waals surface area contributed by atoms with Crippen LogP contribution in [0.3, 0.4) is 0 Å². The molecule has 0 aliphatic rings. The van der Waals surface area contributed by atoms with Crippen LogP contribution in [0.25, 0.3) is 0 Å². The highest BCUT2D eigenvalue weighted by atomic mass is 28.3. The van der Waals surface area contributed by atoms with Gasteiger partial charge in [0.25, 0.3) is 0 Å². The molecular weight excluding hydrogens is 234 g/mol. The van der Waals surface area contributed by atoms with Crippen LogP contribution in [-0.2, 0) is 8.89 Å². The molecule has 0 rings (SSSR count). The van der Waals surface area contributed by atoms with Crippen molar-refractivity contribution in [2.24, 2.45) is 5.92 Å². The summed E-state index contributed by atoms with van der Waals surface area (Å²) in [6, 6.07) is 0. The summed E-state index contributed by atoms with van der Waals surface area (Å²) in [5, 5.41) is 0. The highest BCUT2D eigenvalue weighted by Crippen LogP contribution is 2.12. The van der Waals surface area contributed by atoms with Gasteiger partial charge in [0.1, 0.15) is 0 Å². The lowest BCUT2D eigenvalue weighted by Gasteiger charge is -2.17. The third kappa shape index (κ3) is 25.7. The van der Waals surface area contributed by atoms with Crippen LogP contribution < -0.4 is 4.80 Å². The van der Waals surface area contributed by atoms with Gasteiger partial charge < -0.3 is 18.2 Å². The number of nitrogens with zero attached hydrogens (tertiary/aromatic N) is 1. The van der Waals surface area contributed by atoms with Gasteiger partial charge in [-0.1, -0.05) is 33.1 Å². The molecule has 0 N–H and O–H groups in total. The topological polar surface area (TPSA) is 49.4 Å². The first-order chi connectivity index (χ1) is 7.70. The van der Waals surface area contributed by atoms with Crippen molar-refractivity contribution in [3.8, 4) is 0 Å². The molecule has 0 saturated heterocycles. The van der Waals surface area contributed by atoms with Gasteiger partial charge in [0.05, 0.1) is 28.2 Å². The highest BCUT2D eigenvalue weighted by Gasteiger charge is 2.04. The molecular formula is C12H29NO3Si. The molecule has 104 valence electrons. The van der Waals surface area contributed by atoms with Crippen LogP contribution in [-0.4, -0.2) is 48.5 Å². The maximum absolute atomic E-state index is 10.1. The number of rotatable bonds is 7. The smallest absolute Gasteiger partial charge is 0.413 e. The fourth-order valence-corrected chi connectivity index (χ4v) is 1.46. The van der Waals surface area contributed by atoms with E-state index in [9.17, 15) is 9.26 Å². The molecule has 0 aromatic carbocycles. The van der Waals surface area contributed by atoms with Crippen molar-refractivity contribution in [3.63, 3.8) is 0 Å². The van der Waals surface area contributed by atoms with E-state index in [-0.39, 0.29) is 0 Å². The summed E-state index contributed by atoms with van der Waals surface area (Å²) >= 11 is 0. The third-order valence-corrected chi connectivity index (χ3v) is 2.38. The van der Waals surface area contributed by atoms with E-state index in [1.54, 1.807) is 0 Å². The summed E-state index contributed by atoms with van der Waals surface area (Å²) in [7, 11) is 5.54. The molecule has 0 bridgehead atoms. The first-order valence-corrected chi connectivity index (χ1v) is 7.55. The lowest BCUT2D eigenvalue weighted by Crippen LogP contribution is -2.27. The van der Waals surface area contributed by atoms with E-state index in [0.717, 1.165) is 30.2 Å². The summed E-state index contributed by atoms with van der Waals surface area (Å²) in [6.45, 7) is 4.56. The maximum atomic E-state index is 10.1. The zero-order valence-electron chi connectivity index (χ0n) is 12.3. The second-order valence-corrected chi connectivity index (χ2v) is 6.45. The van der Waals surface area contributed by atoms with Crippen LogP contribution in [0.5, 0.6) is 0 Å². The van der Waals surface area contributed by atoms with Crippen LogP contribution in [0, 0.1) is 5.92 Å². The standard InChI is InChI=1S/C8H17O3Si.C4H12N/c1-3-5-6-8(4-2)7-11-12(9)10;1-5(2,3)4/h8H,3-7H2,1-2H3;1-4H3/q-1;+1. The van der Waals surface area contributed by atoms with Crippen LogP contribution in [0.15, 0.2) is 0 Å². The Labute approximate surface area is 108 Å². The fourth-order valence-electron chi connectivity index (χ4n) is 1.08. The predicted octanol–water partition coefficient (Wildman–Crippen LogP) is 1.32. The summed E-state index contributed by atoms with van der Waals surface area (Å²) in [5.74, 6) is 0.410. The molecule has 0 aromatic heterocycles. The Bertz CT molecular complexity index is 187. The van der Waals surface area contributed by atoms with Crippen molar-refractivity contribution in [2.75, 3.05) is 34.8 Å². The third-order valence-electron chi connectivity index (χ3n) is 1.98. The molecule has 17 heavy (non-hydrogen) atoms. The van der Waals surface area contributed by atoms with Gasteiger partial charge >= 0.3 is 9.17 Å². The van der Waals surface area contributed by atoms with Crippen molar-refractivity contribution in [2.45, 2.75) is 39.5 Å². The van der Waals surface area contributed by atoms with E-state index in [1.165, 1.54) is 0 Å². The Hall–Kier alpha value is -0.423. The number of hydrogen-bond acceptors (Lipinski definition) is 3. The SMILES string of the molecule is CCCCC(CC)CO[Si](=O)[O-].C[N+](C)(C)C. The Balaban J connectivity index is 0. The van der Waals surface area contributed by atoms with Crippen LogP contribution in [0.1, 0.15) is 39.5 Å². The van der Waals surface area contributed by atoms with Gasteiger partial charge in [-0.25, -0.2) is 0 Å². The lowest BCUT2D eigenvalue weighted by atomic mass is 10.0. The van der Waals surface area contributed by atoms with Crippen LogP contribution in [0.4, 0.5) is 0 Å². The molecule has 4 nitrogen and oxygen atoms in total. The van der Waals surface area contributed by atoms with Gasteiger partial charge in [-0.2, -0.15) is 0 Å². The van der Waals surface area contributed by atoms with Crippen molar-refractivity contribution >= 4 is 9.17 Å². The second-order valence-electron chi connectivity index (χ2n) is 5.66. The molecule has 0 saturated carbocycles. The second kappa shape index (κ2) is 10.7. The number of hydrogen-bond donors (Lipinski definition) is 0. The van der Waals surface area contributed by atoms with E-state index in [2.05, 4.69) is 46.5 Å². The van der Waals surface area contributed by atoms with Crippen LogP contribution in [0.2, 0.25) is 0 Å². The van der Waals surface area contributed by atoms with Gasteiger partial charge in [-0.15, -0.1) is 0 Å². The zero-order chi connectivity index (χ0) is 13.9. The quantitative estimate of drug-likeness (QED) is 0.514. The van der Waals surface area contributed by atoms with E-state index in [0.29, 0.717) is 12.5 Å². The van der Waals surface area contributed by atoms with E-state index < -0.39 is 9.17 Å². The maximum Gasteiger partial charge on any atom is 0.413 e. The molecule has 0 heterocycles. The Kier molecular flexibility index (Phi) is 11.9. The zero-order valence-corrected chi connectivity index (χ0v) is 13.3. The molecule has 1 atom stereocenters. The molecule has 5 heteroatoms. The summed E-state index contributed by atoms with van der Waals surface area (Å²) in [4.78, 5) is 10.1. The number of quaternary nitrogens is 1. The molecule has 1 unspecified atom stereocenters. The van der Waals surface area contributed by atoms with Crippen LogP contribution >= 0.6 is 0 Å². The van der Waals surface area contributed by atoms with E-state index in [1.807, 2.05) is 0 Å². The first kappa shape index (κ1) is 18.9. The van der Waals surface area contributed by atoms with Gasteiger partial charge in [0.2, 0.25) is 0 Å². The van der Waals surface area contributed by atoms with Gasteiger partial charge in [0.15, 0.2) is 0 Å². The lowest BCUT2D eigenvalue weighted by molar-refractivity contribution is -0.849. The molecule has 0 aromatic rings. The van der Waals surface area contributed by atoms with Crippen molar-refractivity contribution < 1.29 is 18.2 Å².